The van der Waals surface area contributed by atoms with E-state index in [9.17, 15) is 14.4 Å². The van der Waals surface area contributed by atoms with Crippen molar-refractivity contribution in [2.45, 2.75) is 88.5 Å². The van der Waals surface area contributed by atoms with Gasteiger partial charge in [-0.3, -0.25) is 9.69 Å². The third-order valence-electron chi connectivity index (χ3n) is 11.0. The lowest BCUT2D eigenvalue weighted by molar-refractivity contribution is -0.138. The zero-order chi connectivity index (χ0) is 30.7. The number of rotatable bonds is 6. The summed E-state index contributed by atoms with van der Waals surface area (Å²) in [7, 11) is 2.20. The number of aromatic nitrogens is 2. The highest BCUT2D eigenvalue weighted by atomic mass is 35.5. The molecule has 0 N–H and O–H groups in total. The number of hydrogen-bond donors (Lipinski definition) is 0. The number of fused-ring (bicyclic) bond motifs is 5. The molecule has 3 heterocycles. The van der Waals surface area contributed by atoms with Gasteiger partial charge in [-0.25, -0.2) is 4.39 Å². The molecule has 3 aliphatic carbocycles. The lowest BCUT2D eigenvalue weighted by Crippen LogP contribution is -2.57. The summed E-state index contributed by atoms with van der Waals surface area (Å²) in [6.07, 6.45) is 7.03. The number of nitrogens with zero attached hydrogens (tertiary/aromatic N) is 6. The SMILES string of the molecule is CC1=CC2(CCc3c(nc(OC[C@@H]4C5CCC(C5)N4C)nc3N3CCN(C(=O)C(C)F)[C@@H](CC#N)C3)C2)c2cccc(Cl)c21. The molecule has 1 amide bonds. The van der Waals surface area contributed by atoms with Crippen LogP contribution in [0.3, 0.4) is 0 Å². The standard InChI is InChI=1S/C34H40ClFN6O2/c1-20-16-34(26-5-4-6-27(35)30(20)26)11-9-25-28(17-34)38-33(44-19-29-22-7-8-23(15-22)40(29)3)39-31(25)41-13-14-42(32(43)21(2)36)24(18-41)10-12-37/h4-6,16,21-24,29H,7-11,13-15,17-19H2,1-3H3/t21?,22?,23?,24-,29+,34?/m0/s1. The summed E-state index contributed by atoms with van der Waals surface area (Å²) in [6, 6.07) is 9.35. The number of amides is 1. The summed E-state index contributed by atoms with van der Waals surface area (Å²) >= 11 is 6.68. The number of ether oxygens (including phenoxy) is 1. The largest absolute Gasteiger partial charge is 0.462 e. The molecule has 6 atom stereocenters. The van der Waals surface area contributed by atoms with Gasteiger partial charge in [0, 0.05) is 54.1 Å². The zero-order valence-electron chi connectivity index (χ0n) is 25.7. The van der Waals surface area contributed by atoms with Crippen molar-refractivity contribution in [3.8, 4) is 12.1 Å². The van der Waals surface area contributed by atoms with Gasteiger partial charge in [-0.2, -0.15) is 15.2 Å². The Labute approximate surface area is 263 Å². The molecule has 8 nitrogen and oxygen atoms in total. The number of hydrogen-bond acceptors (Lipinski definition) is 7. The molecule has 44 heavy (non-hydrogen) atoms. The molecule has 1 aromatic heterocycles. The van der Waals surface area contributed by atoms with Gasteiger partial charge in [0.2, 0.25) is 0 Å². The number of allylic oxidation sites excluding steroid dienone is 2. The molecular weight excluding hydrogens is 579 g/mol. The minimum absolute atomic E-state index is 0.132. The second kappa shape index (κ2) is 11.3. The summed E-state index contributed by atoms with van der Waals surface area (Å²) in [5.74, 6) is 0.902. The van der Waals surface area contributed by atoms with Crippen LogP contribution in [-0.2, 0) is 23.1 Å². The molecule has 2 bridgehead atoms. The van der Waals surface area contributed by atoms with Crippen LogP contribution in [0.15, 0.2) is 24.3 Å². The number of likely N-dealkylation sites (N-methyl/N-ethyl adjacent to an activating group) is 1. The first-order chi connectivity index (χ1) is 21.2. The number of halogens is 2. The third-order valence-corrected chi connectivity index (χ3v) is 11.3. The zero-order valence-corrected chi connectivity index (χ0v) is 26.5. The number of piperazine rings is 1. The molecule has 2 aliphatic heterocycles. The second-order valence-electron chi connectivity index (χ2n) is 13.5. The van der Waals surface area contributed by atoms with Gasteiger partial charge in [-0.05, 0) is 81.7 Å². The Bertz CT molecular complexity index is 1550. The van der Waals surface area contributed by atoms with Crippen molar-refractivity contribution in [2.75, 3.05) is 38.2 Å². The molecule has 2 aromatic rings. The monoisotopic (exact) mass is 618 g/mol. The van der Waals surface area contributed by atoms with Crippen molar-refractivity contribution in [3.05, 3.63) is 51.7 Å². The minimum Gasteiger partial charge on any atom is -0.462 e. The fourth-order valence-corrected chi connectivity index (χ4v) is 9.11. The fraction of sp³-hybridized carbons (Fsp3) is 0.588. The predicted molar refractivity (Wildman–Crippen MR) is 168 cm³/mol. The normalized spacial score (nSPS) is 29.8. The maximum absolute atomic E-state index is 14.0. The number of carbonyl (C=O) groups is 1. The summed E-state index contributed by atoms with van der Waals surface area (Å²) in [4.78, 5) is 28.9. The first-order valence-electron chi connectivity index (χ1n) is 16.0. The average Bonchev–Trinajstić information content (AvgIpc) is 3.68. The van der Waals surface area contributed by atoms with Crippen LogP contribution in [0.1, 0.15) is 68.3 Å². The second-order valence-corrected chi connectivity index (χ2v) is 13.9. The number of benzene rings is 1. The van der Waals surface area contributed by atoms with Gasteiger partial charge in [-0.1, -0.05) is 29.8 Å². The number of carbonyl (C=O) groups excluding carboxylic acids is 1. The maximum Gasteiger partial charge on any atom is 0.318 e. The average molecular weight is 619 g/mol. The Morgan fingerprint density at radius 2 is 2.14 bits per heavy atom. The van der Waals surface area contributed by atoms with Crippen molar-refractivity contribution in [3.63, 3.8) is 0 Å². The number of anilines is 1. The smallest absolute Gasteiger partial charge is 0.318 e. The molecule has 7 rings (SSSR count). The highest BCUT2D eigenvalue weighted by Crippen LogP contribution is 2.51. The molecule has 1 aromatic carbocycles. The number of alkyl halides is 1. The molecule has 0 radical (unpaired) electrons. The van der Waals surface area contributed by atoms with Gasteiger partial charge in [0.25, 0.3) is 5.91 Å². The van der Waals surface area contributed by atoms with Crippen LogP contribution in [0.25, 0.3) is 5.57 Å². The molecule has 10 heteroatoms. The summed E-state index contributed by atoms with van der Waals surface area (Å²) in [6.45, 7) is 5.19. The highest BCUT2D eigenvalue weighted by molar-refractivity contribution is 6.32. The Kier molecular flexibility index (Phi) is 7.57. The van der Waals surface area contributed by atoms with Gasteiger partial charge in [0.15, 0.2) is 6.17 Å². The van der Waals surface area contributed by atoms with E-state index in [0.29, 0.717) is 56.7 Å². The topological polar surface area (TPSA) is 85.6 Å². The van der Waals surface area contributed by atoms with Crippen LogP contribution in [0, 0.1) is 17.2 Å². The van der Waals surface area contributed by atoms with Crippen LogP contribution < -0.4 is 9.64 Å². The van der Waals surface area contributed by atoms with Crippen molar-refractivity contribution >= 4 is 28.9 Å². The summed E-state index contributed by atoms with van der Waals surface area (Å²) < 4.78 is 20.5. The Balaban J connectivity index is 1.23. The summed E-state index contributed by atoms with van der Waals surface area (Å²) in [5.41, 5.74) is 5.45. The Morgan fingerprint density at radius 3 is 2.89 bits per heavy atom. The van der Waals surface area contributed by atoms with E-state index in [-0.39, 0.29) is 11.8 Å². The van der Waals surface area contributed by atoms with E-state index in [4.69, 9.17) is 26.3 Å². The third kappa shape index (κ3) is 4.85. The van der Waals surface area contributed by atoms with Crippen LogP contribution >= 0.6 is 11.6 Å². The van der Waals surface area contributed by atoms with Gasteiger partial charge >= 0.3 is 6.01 Å². The highest BCUT2D eigenvalue weighted by Gasteiger charge is 2.45. The minimum atomic E-state index is -1.60. The number of nitriles is 1. The van der Waals surface area contributed by atoms with E-state index < -0.39 is 18.1 Å². The van der Waals surface area contributed by atoms with E-state index in [1.54, 1.807) is 0 Å². The molecule has 1 saturated carbocycles. The quantitative estimate of drug-likeness (QED) is 0.444. The van der Waals surface area contributed by atoms with Crippen molar-refractivity contribution in [1.82, 2.24) is 19.8 Å². The van der Waals surface area contributed by atoms with Crippen molar-refractivity contribution in [2.24, 2.45) is 5.92 Å². The van der Waals surface area contributed by atoms with Gasteiger partial charge in [0.05, 0.1) is 24.2 Å². The number of piperidine rings is 1. The van der Waals surface area contributed by atoms with Crippen molar-refractivity contribution in [1.29, 1.82) is 5.26 Å². The maximum atomic E-state index is 14.0. The van der Waals surface area contributed by atoms with E-state index >= 15 is 0 Å². The van der Waals surface area contributed by atoms with Crippen LogP contribution in [0.4, 0.5) is 10.2 Å². The van der Waals surface area contributed by atoms with Gasteiger partial charge in [0.1, 0.15) is 12.4 Å². The van der Waals surface area contributed by atoms with E-state index in [1.807, 2.05) is 12.1 Å². The molecule has 1 spiro atoms. The first-order valence-corrected chi connectivity index (χ1v) is 16.4. The van der Waals surface area contributed by atoms with Crippen LogP contribution in [0.2, 0.25) is 5.02 Å². The molecule has 2 saturated heterocycles. The van der Waals surface area contributed by atoms with Gasteiger partial charge in [-0.15, -0.1) is 0 Å². The Morgan fingerprint density at radius 1 is 1.30 bits per heavy atom. The van der Waals surface area contributed by atoms with Crippen LogP contribution in [0.5, 0.6) is 6.01 Å². The van der Waals surface area contributed by atoms with E-state index in [2.05, 4.69) is 42.0 Å². The molecular formula is C34H40ClFN6O2. The summed E-state index contributed by atoms with van der Waals surface area (Å²) in [5, 5.41) is 10.3. The molecule has 5 aliphatic rings. The number of likely N-dealkylation sites (tertiary alicyclic amines) is 1. The molecule has 4 unspecified atom stereocenters. The van der Waals surface area contributed by atoms with E-state index in [0.717, 1.165) is 40.5 Å². The van der Waals surface area contributed by atoms with Crippen molar-refractivity contribution < 1.29 is 13.9 Å². The molecule has 3 fully saturated rings. The fourth-order valence-electron chi connectivity index (χ4n) is 8.79. The Hall–Kier alpha value is -3.22. The lowest BCUT2D eigenvalue weighted by Gasteiger charge is -2.43. The van der Waals surface area contributed by atoms with E-state index in [1.165, 1.54) is 42.2 Å². The predicted octanol–water partition coefficient (Wildman–Crippen LogP) is 5.12. The first kappa shape index (κ1) is 29.5. The van der Waals surface area contributed by atoms with Gasteiger partial charge < -0.3 is 14.5 Å². The van der Waals surface area contributed by atoms with Crippen LogP contribution in [-0.4, -0.2) is 83.3 Å². The molecule has 232 valence electrons. The lowest BCUT2D eigenvalue weighted by atomic mass is 9.70.